The summed E-state index contributed by atoms with van der Waals surface area (Å²) >= 11 is 1.80. The van der Waals surface area contributed by atoms with E-state index in [-0.39, 0.29) is 0 Å². The summed E-state index contributed by atoms with van der Waals surface area (Å²) in [5.41, 5.74) is 2.58. The number of rotatable bonds is 3. The Balaban J connectivity index is 2.48. The number of thioether (sulfide) groups is 1. The van der Waals surface area contributed by atoms with Crippen molar-refractivity contribution in [1.82, 2.24) is 5.32 Å². The van der Waals surface area contributed by atoms with Crippen molar-refractivity contribution in [3.63, 3.8) is 0 Å². The summed E-state index contributed by atoms with van der Waals surface area (Å²) in [5.74, 6) is 1.06. The number of hydrogen-bond donors (Lipinski definition) is 1. The summed E-state index contributed by atoms with van der Waals surface area (Å²) in [7, 11) is 1.77. The highest BCUT2D eigenvalue weighted by molar-refractivity contribution is 7.98. The SMILES string of the molecule is COc1c(C)ccc(SC)c1C1CCCN1. The van der Waals surface area contributed by atoms with Gasteiger partial charge in [-0.1, -0.05) is 6.07 Å². The lowest BCUT2D eigenvalue weighted by Crippen LogP contribution is -2.15. The first-order chi connectivity index (χ1) is 7.77. The molecular weight excluding hydrogens is 218 g/mol. The quantitative estimate of drug-likeness (QED) is 0.816. The highest BCUT2D eigenvalue weighted by Gasteiger charge is 2.23. The van der Waals surface area contributed by atoms with Crippen LogP contribution in [0.4, 0.5) is 0 Å². The predicted octanol–water partition coefficient (Wildman–Crippen LogP) is 3.15. The van der Waals surface area contributed by atoms with Gasteiger partial charge in [0, 0.05) is 16.5 Å². The van der Waals surface area contributed by atoms with Crippen molar-refractivity contribution in [3.05, 3.63) is 23.3 Å². The maximum Gasteiger partial charge on any atom is 0.127 e. The van der Waals surface area contributed by atoms with E-state index in [1.807, 2.05) is 0 Å². The lowest BCUT2D eigenvalue weighted by molar-refractivity contribution is 0.398. The molecule has 1 unspecified atom stereocenters. The molecule has 88 valence electrons. The van der Waals surface area contributed by atoms with E-state index in [4.69, 9.17) is 4.74 Å². The molecular formula is C13H19NOS. The van der Waals surface area contributed by atoms with Gasteiger partial charge in [0.1, 0.15) is 5.75 Å². The number of ether oxygens (including phenoxy) is 1. The highest BCUT2D eigenvalue weighted by Crippen LogP contribution is 2.39. The van der Waals surface area contributed by atoms with Crippen LogP contribution in [0, 0.1) is 6.92 Å². The van der Waals surface area contributed by atoms with Crippen LogP contribution in [0.2, 0.25) is 0 Å². The summed E-state index contributed by atoms with van der Waals surface area (Å²) in [6, 6.07) is 4.82. The van der Waals surface area contributed by atoms with E-state index in [0.717, 1.165) is 12.3 Å². The third kappa shape index (κ3) is 2.06. The Kier molecular flexibility index (Phi) is 3.77. The molecule has 0 aliphatic carbocycles. The molecule has 1 fully saturated rings. The second-order valence-electron chi connectivity index (χ2n) is 4.18. The fourth-order valence-electron chi connectivity index (χ4n) is 2.40. The third-order valence-electron chi connectivity index (χ3n) is 3.19. The molecule has 1 saturated heterocycles. The van der Waals surface area contributed by atoms with Crippen LogP contribution >= 0.6 is 11.8 Å². The Bertz CT molecular complexity index is 372. The standard InChI is InChI=1S/C13H19NOS/c1-9-6-7-11(16-3)12(13(9)15-2)10-5-4-8-14-10/h6-7,10,14H,4-5,8H2,1-3H3. The predicted molar refractivity (Wildman–Crippen MR) is 69.5 cm³/mol. The second kappa shape index (κ2) is 5.11. The minimum atomic E-state index is 0.470. The van der Waals surface area contributed by atoms with Gasteiger partial charge in [0.15, 0.2) is 0 Å². The monoisotopic (exact) mass is 237 g/mol. The molecule has 0 amide bonds. The Morgan fingerprint density at radius 1 is 1.44 bits per heavy atom. The van der Waals surface area contributed by atoms with Gasteiger partial charge in [-0.3, -0.25) is 0 Å². The van der Waals surface area contributed by atoms with Gasteiger partial charge >= 0.3 is 0 Å². The molecule has 0 bridgehead atoms. The van der Waals surface area contributed by atoms with Gasteiger partial charge < -0.3 is 10.1 Å². The third-order valence-corrected chi connectivity index (χ3v) is 3.98. The van der Waals surface area contributed by atoms with Gasteiger partial charge in [-0.2, -0.15) is 0 Å². The van der Waals surface area contributed by atoms with Gasteiger partial charge in [-0.15, -0.1) is 11.8 Å². The van der Waals surface area contributed by atoms with Crippen molar-refractivity contribution in [3.8, 4) is 5.75 Å². The molecule has 1 heterocycles. The Hall–Kier alpha value is -0.670. The zero-order valence-electron chi connectivity index (χ0n) is 10.2. The summed E-state index contributed by atoms with van der Waals surface area (Å²) in [5, 5.41) is 3.56. The van der Waals surface area contributed by atoms with E-state index in [1.54, 1.807) is 18.9 Å². The zero-order valence-corrected chi connectivity index (χ0v) is 11.0. The summed E-state index contributed by atoms with van der Waals surface area (Å²) in [4.78, 5) is 1.34. The fraction of sp³-hybridized carbons (Fsp3) is 0.538. The molecule has 0 radical (unpaired) electrons. The van der Waals surface area contributed by atoms with Crippen molar-refractivity contribution >= 4 is 11.8 Å². The average molecular weight is 237 g/mol. The number of hydrogen-bond acceptors (Lipinski definition) is 3. The first kappa shape index (κ1) is 11.8. The molecule has 0 saturated carbocycles. The van der Waals surface area contributed by atoms with E-state index in [1.165, 1.54) is 28.9 Å². The minimum absolute atomic E-state index is 0.470. The maximum atomic E-state index is 5.58. The summed E-state index contributed by atoms with van der Waals surface area (Å²) < 4.78 is 5.58. The fourth-order valence-corrected chi connectivity index (χ4v) is 3.06. The van der Waals surface area contributed by atoms with Crippen LogP contribution < -0.4 is 10.1 Å². The minimum Gasteiger partial charge on any atom is -0.496 e. The maximum absolute atomic E-state index is 5.58. The average Bonchev–Trinajstić information content (AvgIpc) is 2.81. The second-order valence-corrected chi connectivity index (χ2v) is 5.03. The molecule has 1 aliphatic rings. The van der Waals surface area contributed by atoms with Crippen LogP contribution in [0.15, 0.2) is 17.0 Å². The summed E-state index contributed by atoms with van der Waals surface area (Å²) in [6.45, 7) is 3.23. The number of methoxy groups -OCH3 is 1. The van der Waals surface area contributed by atoms with Gasteiger partial charge in [0.05, 0.1) is 7.11 Å². The molecule has 1 aromatic carbocycles. The van der Waals surface area contributed by atoms with Crippen LogP contribution in [0.5, 0.6) is 5.75 Å². The smallest absolute Gasteiger partial charge is 0.127 e. The van der Waals surface area contributed by atoms with Crippen molar-refractivity contribution in [2.75, 3.05) is 19.9 Å². The van der Waals surface area contributed by atoms with Crippen molar-refractivity contribution in [1.29, 1.82) is 0 Å². The van der Waals surface area contributed by atoms with Crippen molar-refractivity contribution in [2.24, 2.45) is 0 Å². The van der Waals surface area contributed by atoms with Gasteiger partial charge in [0.2, 0.25) is 0 Å². The van der Waals surface area contributed by atoms with Crippen LogP contribution in [-0.4, -0.2) is 19.9 Å². The van der Waals surface area contributed by atoms with Crippen LogP contribution in [0.3, 0.4) is 0 Å². The Morgan fingerprint density at radius 2 is 2.25 bits per heavy atom. The number of nitrogens with one attached hydrogen (secondary N) is 1. The molecule has 16 heavy (non-hydrogen) atoms. The topological polar surface area (TPSA) is 21.3 Å². The molecule has 0 spiro atoms. The molecule has 1 atom stereocenters. The van der Waals surface area contributed by atoms with E-state index in [0.29, 0.717) is 6.04 Å². The first-order valence-electron chi connectivity index (χ1n) is 5.72. The van der Waals surface area contributed by atoms with Crippen molar-refractivity contribution in [2.45, 2.75) is 30.7 Å². The number of benzene rings is 1. The first-order valence-corrected chi connectivity index (χ1v) is 6.95. The lowest BCUT2D eigenvalue weighted by Gasteiger charge is -2.20. The van der Waals surface area contributed by atoms with Crippen LogP contribution in [0.1, 0.15) is 30.0 Å². The largest absolute Gasteiger partial charge is 0.496 e. The molecule has 1 aliphatic heterocycles. The highest BCUT2D eigenvalue weighted by atomic mass is 32.2. The molecule has 1 aromatic rings. The van der Waals surface area contributed by atoms with Gasteiger partial charge in [0.25, 0.3) is 0 Å². The Morgan fingerprint density at radius 3 is 2.81 bits per heavy atom. The summed E-state index contributed by atoms with van der Waals surface area (Å²) in [6.07, 6.45) is 4.60. The van der Waals surface area contributed by atoms with E-state index in [9.17, 15) is 0 Å². The van der Waals surface area contributed by atoms with E-state index in [2.05, 4.69) is 30.6 Å². The molecule has 2 rings (SSSR count). The van der Waals surface area contributed by atoms with Crippen LogP contribution in [-0.2, 0) is 0 Å². The molecule has 2 nitrogen and oxygen atoms in total. The molecule has 0 aromatic heterocycles. The van der Waals surface area contributed by atoms with E-state index >= 15 is 0 Å². The van der Waals surface area contributed by atoms with Gasteiger partial charge in [-0.05, 0) is 44.2 Å². The molecule has 3 heteroatoms. The number of aryl methyl sites for hydroxylation is 1. The Labute approximate surface area is 102 Å². The van der Waals surface area contributed by atoms with Gasteiger partial charge in [-0.25, -0.2) is 0 Å². The zero-order chi connectivity index (χ0) is 11.5. The van der Waals surface area contributed by atoms with E-state index < -0.39 is 0 Å². The van der Waals surface area contributed by atoms with Crippen LogP contribution in [0.25, 0.3) is 0 Å². The lowest BCUT2D eigenvalue weighted by atomic mass is 10.0. The molecule has 1 N–H and O–H groups in total. The normalized spacial score (nSPS) is 20.1. The van der Waals surface area contributed by atoms with Crippen molar-refractivity contribution < 1.29 is 4.74 Å².